The molecule has 1 amide bonds. The zero-order valence-corrected chi connectivity index (χ0v) is 19.7. The summed E-state index contributed by atoms with van der Waals surface area (Å²) in [6.07, 6.45) is 0.534. The SMILES string of the molecule is CC(C)COC(=O)N(C)c1cccc(CC2CN(C(c3ccccc3)c3ccccc3)C2)n1. The third kappa shape index (κ3) is 5.79. The lowest BCUT2D eigenvalue weighted by Gasteiger charge is -2.45. The quantitative estimate of drug-likeness (QED) is 0.456. The smallest absolute Gasteiger partial charge is 0.415 e. The molecule has 0 aliphatic carbocycles. The third-order valence-corrected chi connectivity index (χ3v) is 6.03. The van der Waals surface area contributed by atoms with Crippen LogP contribution >= 0.6 is 0 Å². The minimum atomic E-state index is -0.364. The van der Waals surface area contributed by atoms with E-state index in [1.807, 2.05) is 32.0 Å². The van der Waals surface area contributed by atoms with Gasteiger partial charge in [-0.1, -0.05) is 80.6 Å². The second-order valence-electron chi connectivity index (χ2n) is 9.26. The highest BCUT2D eigenvalue weighted by atomic mass is 16.6. The van der Waals surface area contributed by atoms with Crippen LogP contribution in [0.25, 0.3) is 0 Å². The predicted molar refractivity (Wildman–Crippen MR) is 132 cm³/mol. The van der Waals surface area contributed by atoms with E-state index in [1.165, 1.54) is 16.0 Å². The number of nitrogens with zero attached hydrogens (tertiary/aromatic N) is 3. The molecule has 0 bridgehead atoms. The summed E-state index contributed by atoms with van der Waals surface area (Å²) in [5, 5.41) is 0. The third-order valence-electron chi connectivity index (χ3n) is 6.03. The molecule has 172 valence electrons. The number of likely N-dealkylation sites (tertiary alicyclic amines) is 1. The van der Waals surface area contributed by atoms with E-state index in [-0.39, 0.29) is 12.1 Å². The Labute approximate surface area is 197 Å². The Hall–Kier alpha value is -3.18. The van der Waals surface area contributed by atoms with Crippen LogP contribution in [0, 0.1) is 11.8 Å². The molecule has 1 aromatic heterocycles. The highest BCUT2D eigenvalue weighted by molar-refractivity contribution is 5.85. The van der Waals surface area contributed by atoms with Gasteiger partial charge in [-0.2, -0.15) is 0 Å². The van der Waals surface area contributed by atoms with Gasteiger partial charge in [0.2, 0.25) is 0 Å². The molecule has 2 aromatic carbocycles. The fourth-order valence-electron chi connectivity index (χ4n) is 4.33. The average Bonchev–Trinajstić information content (AvgIpc) is 2.82. The van der Waals surface area contributed by atoms with Gasteiger partial charge in [-0.05, 0) is 41.5 Å². The van der Waals surface area contributed by atoms with Gasteiger partial charge >= 0.3 is 6.09 Å². The first-order chi connectivity index (χ1) is 16.0. The number of amides is 1. The molecular formula is C28H33N3O2. The average molecular weight is 444 g/mol. The number of benzene rings is 2. The molecule has 33 heavy (non-hydrogen) atoms. The zero-order valence-electron chi connectivity index (χ0n) is 19.7. The van der Waals surface area contributed by atoms with Gasteiger partial charge < -0.3 is 4.74 Å². The van der Waals surface area contributed by atoms with Crippen molar-refractivity contribution in [1.29, 1.82) is 0 Å². The molecule has 5 nitrogen and oxygen atoms in total. The highest BCUT2D eigenvalue weighted by Crippen LogP contribution is 2.35. The number of hydrogen-bond donors (Lipinski definition) is 0. The van der Waals surface area contributed by atoms with Crippen LogP contribution in [0.4, 0.5) is 10.6 Å². The number of anilines is 1. The molecule has 0 unspecified atom stereocenters. The number of rotatable bonds is 8. The fraction of sp³-hybridized carbons (Fsp3) is 0.357. The molecule has 2 heterocycles. The van der Waals surface area contributed by atoms with Gasteiger partial charge in [0.25, 0.3) is 0 Å². The van der Waals surface area contributed by atoms with Gasteiger partial charge in [0.15, 0.2) is 0 Å². The minimum Gasteiger partial charge on any atom is -0.449 e. The first-order valence-corrected chi connectivity index (χ1v) is 11.7. The van der Waals surface area contributed by atoms with Crippen LogP contribution in [0.15, 0.2) is 78.9 Å². The lowest BCUT2D eigenvalue weighted by atomic mass is 9.88. The summed E-state index contributed by atoms with van der Waals surface area (Å²) in [7, 11) is 1.71. The Bertz CT molecular complexity index is 994. The highest BCUT2D eigenvalue weighted by Gasteiger charge is 2.34. The molecule has 3 aromatic rings. The van der Waals surface area contributed by atoms with Crippen molar-refractivity contribution in [2.75, 3.05) is 31.6 Å². The molecule has 0 atom stereocenters. The number of carbonyl (C=O) groups is 1. The number of ether oxygens (including phenoxy) is 1. The summed E-state index contributed by atoms with van der Waals surface area (Å²) in [6, 6.07) is 27.6. The summed E-state index contributed by atoms with van der Waals surface area (Å²) >= 11 is 0. The van der Waals surface area contributed by atoms with Crippen molar-refractivity contribution in [3.8, 4) is 0 Å². The van der Waals surface area contributed by atoms with E-state index in [0.717, 1.165) is 25.2 Å². The Morgan fingerprint density at radius 1 is 0.970 bits per heavy atom. The lowest BCUT2D eigenvalue weighted by molar-refractivity contribution is 0.0683. The zero-order chi connectivity index (χ0) is 23.2. The Morgan fingerprint density at radius 2 is 1.58 bits per heavy atom. The van der Waals surface area contributed by atoms with Crippen molar-refractivity contribution in [1.82, 2.24) is 9.88 Å². The molecule has 0 saturated carbocycles. The van der Waals surface area contributed by atoms with Crippen LogP contribution in [0.3, 0.4) is 0 Å². The molecule has 1 saturated heterocycles. The first-order valence-electron chi connectivity index (χ1n) is 11.7. The van der Waals surface area contributed by atoms with Gasteiger partial charge in [-0.25, -0.2) is 9.78 Å². The number of aromatic nitrogens is 1. The summed E-state index contributed by atoms with van der Waals surface area (Å²) in [6.45, 7) is 6.49. The van der Waals surface area contributed by atoms with Crippen molar-refractivity contribution in [2.45, 2.75) is 26.3 Å². The summed E-state index contributed by atoms with van der Waals surface area (Å²) < 4.78 is 5.34. The topological polar surface area (TPSA) is 45.7 Å². The maximum Gasteiger partial charge on any atom is 0.415 e. The summed E-state index contributed by atoms with van der Waals surface area (Å²) in [5.41, 5.74) is 3.66. The van der Waals surface area contributed by atoms with Crippen molar-refractivity contribution in [3.05, 3.63) is 95.7 Å². The first kappa shape index (κ1) is 23.0. The van der Waals surface area contributed by atoms with Crippen LogP contribution in [0.2, 0.25) is 0 Å². The molecule has 5 heteroatoms. The maximum atomic E-state index is 12.3. The van der Waals surface area contributed by atoms with Crippen LogP contribution < -0.4 is 4.90 Å². The van der Waals surface area contributed by atoms with E-state index in [2.05, 4.69) is 65.6 Å². The molecule has 1 fully saturated rings. The molecule has 1 aliphatic rings. The van der Waals surface area contributed by atoms with Gasteiger partial charge in [-0.3, -0.25) is 9.80 Å². The predicted octanol–water partition coefficient (Wildman–Crippen LogP) is 5.57. The largest absolute Gasteiger partial charge is 0.449 e. The van der Waals surface area contributed by atoms with E-state index >= 15 is 0 Å². The van der Waals surface area contributed by atoms with Crippen LogP contribution in [-0.4, -0.2) is 42.7 Å². The second kappa shape index (κ2) is 10.6. The Morgan fingerprint density at radius 3 is 2.15 bits per heavy atom. The van der Waals surface area contributed by atoms with Crippen molar-refractivity contribution in [3.63, 3.8) is 0 Å². The lowest BCUT2D eigenvalue weighted by Crippen LogP contribution is -2.49. The monoisotopic (exact) mass is 443 g/mol. The number of hydrogen-bond acceptors (Lipinski definition) is 4. The van der Waals surface area contributed by atoms with Crippen LogP contribution in [0.1, 0.15) is 36.7 Å². The van der Waals surface area contributed by atoms with Gasteiger partial charge in [0.1, 0.15) is 5.82 Å². The number of pyridine rings is 1. The van der Waals surface area contributed by atoms with Gasteiger partial charge in [-0.15, -0.1) is 0 Å². The van der Waals surface area contributed by atoms with E-state index in [1.54, 1.807) is 7.05 Å². The molecule has 4 rings (SSSR count). The maximum absolute atomic E-state index is 12.3. The van der Waals surface area contributed by atoms with Crippen LogP contribution in [0.5, 0.6) is 0 Å². The van der Waals surface area contributed by atoms with Gasteiger partial charge in [0.05, 0.1) is 12.6 Å². The molecule has 0 radical (unpaired) electrons. The van der Waals surface area contributed by atoms with E-state index in [9.17, 15) is 4.79 Å². The number of carbonyl (C=O) groups excluding carboxylic acids is 1. The standard InChI is InChI=1S/C28H33N3O2/c1-21(2)20-33-28(32)30(3)26-16-10-15-25(29-26)17-22-18-31(19-22)27(23-11-6-4-7-12-23)24-13-8-5-9-14-24/h4-16,21-22,27H,17-20H2,1-3H3. The molecule has 1 aliphatic heterocycles. The molecular weight excluding hydrogens is 410 g/mol. The summed E-state index contributed by atoms with van der Waals surface area (Å²) in [4.78, 5) is 21.1. The van der Waals surface area contributed by atoms with E-state index < -0.39 is 0 Å². The molecule has 0 spiro atoms. The van der Waals surface area contributed by atoms with Crippen molar-refractivity contribution in [2.24, 2.45) is 11.8 Å². The van der Waals surface area contributed by atoms with Gasteiger partial charge in [0, 0.05) is 25.8 Å². The summed E-state index contributed by atoms with van der Waals surface area (Å²) in [5.74, 6) is 1.48. The van der Waals surface area contributed by atoms with E-state index in [0.29, 0.717) is 24.3 Å². The fourth-order valence-corrected chi connectivity index (χ4v) is 4.33. The Balaban J connectivity index is 1.39. The normalized spacial score (nSPS) is 14.3. The van der Waals surface area contributed by atoms with Crippen molar-refractivity contribution < 1.29 is 9.53 Å². The van der Waals surface area contributed by atoms with Crippen molar-refractivity contribution >= 4 is 11.9 Å². The Kier molecular flexibility index (Phi) is 7.40. The molecule has 0 N–H and O–H groups in total. The van der Waals surface area contributed by atoms with Crippen LogP contribution in [-0.2, 0) is 11.2 Å². The minimum absolute atomic E-state index is 0.268. The second-order valence-corrected chi connectivity index (χ2v) is 9.26. The van der Waals surface area contributed by atoms with E-state index in [4.69, 9.17) is 9.72 Å².